The molecule has 15 heavy (non-hydrogen) atoms. The van der Waals surface area contributed by atoms with Crippen LogP contribution in [0, 0.1) is 0 Å². The number of sulfone groups is 1. The summed E-state index contributed by atoms with van der Waals surface area (Å²) in [5.41, 5.74) is 0. The number of halogens is 2. The van der Waals surface area contributed by atoms with Gasteiger partial charge >= 0.3 is 0 Å². The van der Waals surface area contributed by atoms with Crippen LogP contribution in [0.3, 0.4) is 0 Å². The highest BCUT2D eigenvalue weighted by atomic mass is 35.5. The van der Waals surface area contributed by atoms with Gasteiger partial charge in [0.15, 0.2) is 15.6 Å². The van der Waals surface area contributed by atoms with Crippen molar-refractivity contribution < 1.29 is 13.5 Å². The maximum Gasteiger partial charge on any atom is 0.184 e. The zero-order chi connectivity index (χ0) is 11.8. The predicted molar refractivity (Wildman–Crippen MR) is 60.4 cm³/mol. The minimum atomic E-state index is -3.57. The summed E-state index contributed by atoms with van der Waals surface area (Å²) in [5, 5.41) is 9.01. The van der Waals surface area contributed by atoms with Crippen LogP contribution in [0.15, 0.2) is 17.0 Å². The molecule has 0 saturated carbocycles. The molecule has 1 aromatic carbocycles. The summed E-state index contributed by atoms with van der Waals surface area (Å²) >= 11 is 11.3. The SMILES string of the molecule is CC(C)S(=O)(=O)c1cc(Cl)cc(Cl)c1O. The molecule has 0 aliphatic rings. The fourth-order valence-electron chi connectivity index (χ4n) is 1.01. The van der Waals surface area contributed by atoms with Gasteiger partial charge in [-0.15, -0.1) is 0 Å². The lowest BCUT2D eigenvalue weighted by atomic mass is 10.3. The smallest absolute Gasteiger partial charge is 0.184 e. The van der Waals surface area contributed by atoms with E-state index in [1.165, 1.54) is 26.0 Å². The van der Waals surface area contributed by atoms with Crippen LogP contribution < -0.4 is 0 Å². The Morgan fingerprint density at radius 3 is 2.27 bits per heavy atom. The first kappa shape index (κ1) is 12.6. The first-order chi connectivity index (χ1) is 6.76. The molecule has 84 valence electrons. The molecular weight excluding hydrogens is 259 g/mol. The molecule has 0 unspecified atom stereocenters. The molecule has 0 aliphatic carbocycles. The molecule has 0 amide bonds. The summed E-state index contributed by atoms with van der Waals surface area (Å²) in [7, 11) is -3.57. The first-order valence-corrected chi connectivity index (χ1v) is 6.49. The van der Waals surface area contributed by atoms with Gasteiger partial charge in [-0.2, -0.15) is 0 Å². The van der Waals surface area contributed by atoms with Gasteiger partial charge in [-0.1, -0.05) is 23.2 Å². The van der Waals surface area contributed by atoms with Crippen molar-refractivity contribution in [1.82, 2.24) is 0 Å². The number of aromatic hydroxyl groups is 1. The van der Waals surface area contributed by atoms with Gasteiger partial charge in [0.1, 0.15) is 4.90 Å². The van der Waals surface area contributed by atoms with Gasteiger partial charge in [0.25, 0.3) is 0 Å². The normalized spacial score (nSPS) is 12.1. The lowest BCUT2D eigenvalue weighted by Crippen LogP contribution is -2.14. The molecular formula is C9H10Cl2O3S. The molecule has 0 bridgehead atoms. The first-order valence-electron chi connectivity index (χ1n) is 4.18. The number of phenols is 1. The van der Waals surface area contributed by atoms with Crippen molar-refractivity contribution in [2.45, 2.75) is 24.0 Å². The van der Waals surface area contributed by atoms with E-state index in [2.05, 4.69) is 0 Å². The zero-order valence-corrected chi connectivity index (χ0v) is 10.5. The number of phenolic OH excluding ortho intramolecular Hbond substituents is 1. The topological polar surface area (TPSA) is 54.4 Å². The third-order valence-corrected chi connectivity index (χ3v) is 4.59. The van der Waals surface area contributed by atoms with Crippen molar-refractivity contribution in [1.29, 1.82) is 0 Å². The highest BCUT2D eigenvalue weighted by Gasteiger charge is 2.24. The van der Waals surface area contributed by atoms with Gasteiger partial charge < -0.3 is 5.11 Å². The zero-order valence-electron chi connectivity index (χ0n) is 8.16. The fraction of sp³-hybridized carbons (Fsp3) is 0.333. The maximum absolute atomic E-state index is 11.8. The highest BCUT2D eigenvalue weighted by Crippen LogP contribution is 2.35. The Kier molecular flexibility index (Phi) is 3.53. The van der Waals surface area contributed by atoms with Gasteiger partial charge in [-0.3, -0.25) is 0 Å². The van der Waals surface area contributed by atoms with Crippen LogP contribution >= 0.6 is 23.2 Å². The molecule has 0 atom stereocenters. The number of rotatable bonds is 2. The van der Waals surface area contributed by atoms with E-state index in [0.29, 0.717) is 0 Å². The monoisotopic (exact) mass is 268 g/mol. The van der Waals surface area contributed by atoms with Crippen LogP contribution in [0.5, 0.6) is 5.75 Å². The van der Waals surface area contributed by atoms with E-state index in [4.69, 9.17) is 23.2 Å². The second-order valence-electron chi connectivity index (χ2n) is 3.33. The molecule has 1 aromatic rings. The summed E-state index contributed by atoms with van der Waals surface area (Å²) in [6, 6.07) is 2.48. The molecule has 0 spiro atoms. The average Bonchev–Trinajstić information content (AvgIpc) is 2.10. The molecule has 1 rings (SSSR count). The van der Waals surface area contributed by atoms with Crippen molar-refractivity contribution in [3.8, 4) is 5.75 Å². The van der Waals surface area contributed by atoms with Crippen molar-refractivity contribution >= 4 is 33.0 Å². The minimum absolute atomic E-state index is 0.0678. The van der Waals surface area contributed by atoms with Crippen LogP contribution in [0.4, 0.5) is 0 Å². The van der Waals surface area contributed by atoms with E-state index in [1.807, 2.05) is 0 Å². The summed E-state index contributed by atoms with van der Waals surface area (Å²) in [6.07, 6.45) is 0. The quantitative estimate of drug-likeness (QED) is 0.898. The van der Waals surface area contributed by atoms with Crippen LogP contribution in [-0.4, -0.2) is 18.8 Å². The van der Waals surface area contributed by atoms with Crippen molar-refractivity contribution in [2.24, 2.45) is 0 Å². The van der Waals surface area contributed by atoms with E-state index in [0.717, 1.165) is 0 Å². The average molecular weight is 269 g/mol. The molecule has 0 aromatic heterocycles. The van der Waals surface area contributed by atoms with Gasteiger partial charge in [-0.05, 0) is 26.0 Å². The Morgan fingerprint density at radius 2 is 1.80 bits per heavy atom. The summed E-state index contributed by atoms with van der Waals surface area (Å²) in [6.45, 7) is 3.03. The summed E-state index contributed by atoms with van der Waals surface area (Å²) in [5.74, 6) is -0.449. The van der Waals surface area contributed by atoms with E-state index < -0.39 is 20.8 Å². The molecule has 0 fully saturated rings. The van der Waals surface area contributed by atoms with E-state index in [1.54, 1.807) is 0 Å². The minimum Gasteiger partial charge on any atom is -0.505 e. The van der Waals surface area contributed by atoms with E-state index in [-0.39, 0.29) is 14.9 Å². The van der Waals surface area contributed by atoms with Crippen molar-refractivity contribution in [2.75, 3.05) is 0 Å². The van der Waals surface area contributed by atoms with Crippen LogP contribution in [0.25, 0.3) is 0 Å². The lowest BCUT2D eigenvalue weighted by Gasteiger charge is -2.10. The largest absolute Gasteiger partial charge is 0.505 e. The van der Waals surface area contributed by atoms with Crippen LogP contribution in [0.2, 0.25) is 10.0 Å². The number of hydrogen-bond donors (Lipinski definition) is 1. The van der Waals surface area contributed by atoms with Gasteiger partial charge in [0.05, 0.1) is 10.3 Å². The Morgan fingerprint density at radius 1 is 1.27 bits per heavy atom. The Balaban J connectivity index is 3.52. The Hall–Kier alpha value is -0.450. The third-order valence-electron chi connectivity index (χ3n) is 1.92. The lowest BCUT2D eigenvalue weighted by molar-refractivity contribution is 0.458. The van der Waals surface area contributed by atoms with Crippen molar-refractivity contribution in [3.05, 3.63) is 22.2 Å². The maximum atomic E-state index is 11.8. The van der Waals surface area contributed by atoms with Gasteiger partial charge in [-0.25, -0.2) is 8.42 Å². The molecule has 3 nitrogen and oxygen atoms in total. The summed E-state index contributed by atoms with van der Waals surface area (Å²) < 4.78 is 23.6. The fourth-order valence-corrected chi connectivity index (χ4v) is 2.81. The van der Waals surface area contributed by atoms with Gasteiger partial charge in [0, 0.05) is 5.02 Å². The Labute approximate surface area is 98.6 Å². The predicted octanol–water partition coefficient (Wildman–Crippen LogP) is 2.88. The second kappa shape index (κ2) is 4.20. The van der Waals surface area contributed by atoms with Crippen molar-refractivity contribution in [3.63, 3.8) is 0 Å². The molecule has 1 N–H and O–H groups in total. The molecule has 0 saturated heterocycles. The third kappa shape index (κ3) is 2.38. The molecule has 0 radical (unpaired) electrons. The van der Waals surface area contributed by atoms with Crippen LogP contribution in [0.1, 0.15) is 13.8 Å². The van der Waals surface area contributed by atoms with Gasteiger partial charge in [0.2, 0.25) is 0 Å². The molecule has 0 heterocycles. The standard InChI is InChI=1S/C9H10Cl2O3S/c1-5(2)15(13,14)8-4-6(10)3-7(11)9(8)12/h3-5,12H,1-2H3. The Bertz CT molecular complexity index is 480. The van der Waals surface area contributed by atoms with E-state index in [9.17, 15) is 13.5 Å². The number of benzene rings is 1. The number of hydrogen-bond acceptors (Lipinski definition) is 3. The molecule has 0 aliphatic heterocycles. The second-order valence-corrected chi connectivity index (χ2v) is 6.64. The van der Waals surface area contributed by atoms with E-state index >= 15 is 0 Å². The molecule has 6 heteroatoms. The summed E-state index contributed by atoms with van der Waals surface area (Å²) in [4.78, 5) is -0.227. The highest BCUT2D eigenvalue weighted by molar-refractivity contribution is 7.92. The van der Waals surface area contributed by atoms with Crippen LogP contribution in [-0.2, 0) is 9.84 Å².